The zero-order valence-electron chi connectivity index (χ0n) is 13.0. The van der Waals surface area contributed by atoms with E-state index in [0.717, 1.165) is 44.6 Å². The van der Waals surface area contributed by atoms with Crippen LogP contribution < -0.4 is 0 Å². The predicted octanol–water partition coefficient (Wildman–Crippen LogP) is 2.87. The Balaban J connectivity index is 1.98. The summed E-state index contributed by atoms with van der Waals surface area (Å²) >= 11 is 0. The monoisotopic (exact) mass is 292 g/mol. The summed E-state index contributed by atoms with van der Waals surface area (Å²) in [7, 11) is 2.08. The average molecular weight is 292 g/mol. The van der Waals surface area contributed by atoms with E-state index in [1.807, 2.05) is 17.0 Å². The fourth-order valence-corrected chi connectivity index (χ4v) is 2.87. The predicted molar refractivity (Wildman–Crippen MR) is 82.7 cm³/mol. The number of likely N-dealkylation sites (N-methyl/N-ethyl adjacent to an activating group) is 1. The number of halogens is 1. The van der Waals surface area contributed by atoms with Gasteiger partial charge in [-0.3, -0.25) is 4.79 Å². The van der Waals surface area contributed by atoms with Crippen molar-refractivity contribution in [1.82, 2.24) is 9.80 Å². The van der Waals surface area contributed by atoms with Crippen LogP contribution in [0.4, 0.5) is 4.39 Å². The molecule has 1 aromatic rings. The third kappa shape index (κ3) is 4.53. The van der Waals surface area contributed by atoms with Gasteiger partial charge in [-0.25, -0.2) is 4.39 Å². The fourth-order valence-electron chi connectivity index (χ4n) is 2.87. The molecular weight excluding hydrogens is 267 g/mol. The Bertz CT molecular complexity index is 452. The molecule has 0 aliphatic carbocycles. The number of amides is 1. The van der Waals surface area contributed by atoms with Crippen molar-refractivity contribution in [3.63, 3.8) is 0 Å². The van der Waals surface area contributed by atoms with E-state index in [-0.39, 0.29) is 17.6 Å². The van der Waals surface area contributed by atoms with E-state index >= 15 is 0 Å². The van der Waals surface area contributed by atoms with Gasteiger partial charge in [-0.1, -0.05) is 25.5 Å². The molecule has 0 N–H and O–H groups in total. The maximum atomic E-state index is 13.0. The maximum Gasteiger partial charge on any atom is 0.223 e. The van der Waals surface area contributed by atoms with E-state index < -0.39 is 0 Å². The third-order valence-corrected chi connectivity index (χ3v) is 4.26. The van der Waals surface area contributed by atoms with Crippen LogP contribution >= 0.6 is 0 Å². The lowest BCUT2D eigenvalue weighted by Gasteiger charge is -2.33. The van der Waals surface area contributed by atoms with Gasteiger partial charge in [-0.05, 0) is 37.1 Å². The van der Waals surface area contributed by atoms with Gasteiger partial charge >= 0.3 is 0 Å². The number of carbonyl (C=O) groups excluding carboxylic acids is 1. The Hall–Kier alpha value is -1.42. The van der Waals surface area contributed by atoms with E-state index in [0.29, 0.717) is 6.42 Å². The lowest BCUT2D eigenvalue weighted by atomic mass is 9.91. The van der Waals surface area contributed by atoms with Crippen LogP contribution in [0.15, 0.2) is 24.3 Å². The molecule has 1 aliphatic rings. The minimum atomic E-state index is -0.223. The van der Waals surface area contributed by atoms with Crippen LogP contribution in [0.3, 0.4) is 0 Å². The van der Waals surface area contributed by atoms with Gasteiger partial charge in [0.05, 0.1) is 0 Å². The highest BCUT2D eigenvalue weighted by Crippen LogP contribution is 2.26. The zero-order chi connectivity index (χ0) is 15.2. The molecule has 1 unspecified atom stereocenters. The van der Waals surface area contributed by atoms with Gasteiger partial charge in [-0.2, -0.15) is 0 Å². The van der Waals surface area contributed by atoms with Gasteiger partial charge in [-0.15, -0.1) is 0 Å². The maximum absolute atomic E-state index is 13.0. The number of rotatable bonds is 5. The van der Waals surface area contributed by atoms with Gasteiger partial charge in [0.2, 0.25) is 5.91 Å². The Morgan fingerprint density at radius 2 is 1.81 bits per heavy atom. The highest BCUT2D eigenvalue weighted by atomic mass is 19.1. The number of carbonyl (C=O) groups is 1. The normalized spacial score (nSPS) is 17.8. The summed E-state index contributed by atoms with van der Waals surface area (Å²) in [5.74, 6) is 0.202. The smallest absolute Gasteiger partial charge is 0.223 e. The van der Waals surface area contributed by atoms with Gasteiger partial charge in [0, 0.05) is 32.6 Å². The first-order chi connectivity index (χ1) is 10.1. The zero-order valence-corrected chi connectivity index (χ0v) is 13.0. The summed E-state index contributed by atoms with van der Waals surface area (Å²) in [5, 5.41) is 0. The van der Waals surface area contributed by atoms with E-state index in [4.69, 9.17) is 0 Å². The van der Waals surface area contributed by atoms with Crippen molar-refractivity contribution < 1.29 is 9.18 Å². The summed E-state index contributed by atoms with van der Waals surface area (Å²) < 4.78 is 13.0. The second kappa shape index (κ2) is 7.55. The summed E-state index contributed by atoms with van der Waals surface area (Å²) in [6, 6.07) is 6.59. The number of piperazine rings is 1. The minimum absolute atomic E-state index is 0.197. The molecule has 1 heterocycles. The number of hydrogen-bond acceptors (Lipinski definition) is 2. The Kier molecular flexibility index (Phi) is 5.74. The molecule has 1 amide bonds. The molecule has 1 aromatic carbocycles. The molecule has 116 valence electrons. The standard InChI is InChI=1S/C17H25FN2O/c1-3-4-15(14-5-7-16(18)8-6-14)13-17(21)20-11-9-19(2)10-12-20/h5-8,15H,3-4,9-13H2,1-2H3. The molecule has 21 heavy (non-hydrogen) atoms. The average Bonchev–Trinajstić information content (AvgIpc) is 2.48. The second-order valence-electron chi connectivity index (χ2n) is 5.93. The first kappa shape index (κ1) is 16.0. The largest absolute Gasteiger partial charge is 0.340 e. The van der Waals surface area contributed by atoms with Crippen molar-refractivity contribution in [2.24, 2.45) is 0 Å². The van der Waals surface area contributed by atoms with Crippen molar-refractivity contribution >= 4 is 5.91 Å². The van der Waals surface area contributed by atoms with Gasteiger partial charge in [0.25, 0.3) is 0 Å². The molecule has 4 heteroatoms. The van der Waals surface area contributed by atoms with Crippen LogP contribution in [0.1, 0.15) is 37.7 Å². The lowest BCUT2D eigenvalue weighted by molar-refractivity contribution is -0.133. The molecule has 0 radical (unpaired) electrons. The van der Waals surface area contributed by atoms with Crippen LogP contribution in [-0.2, 0) is 4.79 Å². The lowest BCUT2D eigenvalue weighted by Crippen LogP contribution is -2.47. The summed E-state index contributed by atoms with van der Waals surface area (Å²) in [5.41, 5.74) is 1.07. The highest BCUT2D eigenvalue weighted by molar-refractivity contribution is 5.77. The van der Waals surface area contributed by atoms with Gasteiger partial charge in [0.1, 0.15) is 5.82 Å². The Labute approximate surface area is 126 Å². The molecule has 1 fully saturated rings. The topological polar surface area (TPSA) is 23.6 Å². The summed E-state index contributed by atoms with van der Waals surface area (Å²) in [6.07, 6.45) is 2.52. The molecular formula is C17H25FN2O. The van der Waals surface area contributed by atoms with Crippen LogP contribution in [0, 0.1) is 5.82 Å². The van der Waals surface area contributed by atoms with Crippen LogP contribution in [0.25, 0.3) is 0 Å². The van der Waals surface area contributed by atoms with Crippen LogP contribution in [0.2, 0.25) is 0 Å². The molecule has 1 atom stereocenters. The van der Waals surface area contributed by atoms with Crippen molar-refractivity contribution in [2.45, 2.75) is 32.1 Å². The third-order valence-electron chi connectivity index (χ3n) is 4.26. The first-order valence-electron chi connectivity index (χ1n) is 7.82. The van der Waals surface area contributed by atoms with Gasteiger partial charge < -0.3 is 9.80 Å². The first-order valence-corrected chi connectivity index (χ1v) is 7.82. The SMILES string of the molecule is CCCC(CC(=O)N1CCN(C)CC1)c1ccc(F)cc1. The quantitative estimate of drug-likeness (QED) is 0.833. The Morgan fingerprint density at radius 3 is 2.38 bits per heavy atom. The van der Waals surface area contributed by atoms with E-state index in [1.165, 1.54) is 12.1 Å². The Morgan fingerprint density at radius 1 is 1.19 bits per heavy atom. The number of benzene rings is 1. The molecule has 0 bridgehead atoms. The van der Waals surface area contributed by atoms with E-state index in [2.05, 4.69) is 18.9 Å². The summed E-state index contributed by atoms with van der Waals surface area (Å²) in [6.45, 7) is 5.65. The van der Waals surface area contributed by atoms with Crippen molar-refractivity contribution in [1.29, 1.82) is 0 Å². The van der Waals surface area contributed by atoms with Crippen molar-refractivity contribution in [2.75, 3.05) is 33.2 Å². The second-order valence-corrected chi connectivity index (χ2v) is 5.93. The molecule has 1 aliphatic heterocycles. The molecule has 0 spiro atoms. The van der Waals surface area contributed by atoms with Gasteiger partial charge in [0.15, 0.2) is 0 Å². The fraction of sp³-hybridized carbons (Fsp3) is 0.588. The van der Waals surface area contributed by atoms with E-state index in [9.17, 15) is 9.18 Å². The number of hydrogen-bond donors (Lipinski definition) is 0. The van der Waals surface area contributed by atoms with E-state index in [1.54, 1.807) is 0 Å². The molecule has 0 aromatic heterocycles. The molecule has 2 rings (SSSR count). The molecule has 3 nitrogen and oxygen atoms in total. The molecule has 0 saturated carbocycles. The van der Waals surface area contributed by atoms with Crippen LogP contribution in [0.5, 0.6) is 0 Å². The minimum Gasteiger partial charge on any atom is -0.340 e. The summed E-state index contributed by atoms with van der Waals surface area (Å²) in [4.78, 5) is 16.7. The van der Waals surface area contributed by atoms with Crippen molar-refractivity contribution in [3.05, 3.63) is 35.6 Å². The van der Waals surface area contributed by atoms with Crippen molar-refractivity contribution in [3.8, 4) is 0 Å². The highest BCUT2D eigenvalue weighted by Gasteiger charge is 2.22. The van der Waals surface area contributed by atoms with Crippen LogP contribution in [-0.4, -0.2) is 48.9 Å². The number of nitrogens with zero attached hydrogens (tertiary/aromatic N) is 2. The molecule has 1 saturated heterocycles.